The summed E-state index contributed by atoms with van der Waals surface area (Å²) in [5.41, 5.74) is 5.98. The van der Waals surface area contributed by atoms with Crippen LogP contribution < -0.4 is 16.0 Å². The first-order valence-corrected chi connectivity index (χ1v) is 7.38. The number of nitrogens with zero attached hydrogens (tertiary/aromatic N) is 3. The van der Waals surface area contributed by atoms with Gasteiger partial charge in [-0.1, -0.05) is 0 Å². The summed E-state index contributed by atoms with van der Waals surface area (Å²) < 4.78 is 5.18. The van der Waals surface area contributed by atoms with Gasteiger partial charge in [0.25, 0.3) is 5.91 Å². The summed E-state index contributed by atoms with van der Waals surface area (Å²) in [6, 6.07) is 5.72. The van der Waals surface area contributed by atoms with Crippen LogP contribution in [0.2, 0.25) is 0 Å². The van der Waals surface area contributed by atoms with Crippen LogP contribution in [0.1, 0.15) is 29.0 Å². The average Bonchev–Trinajstić information content (AvgIpc) is 3.22. The van der Waals surface area contributed by atoms with Crippen molar-refractivity contribution in [2.45, 2.75) is 25.4 Å². The van der Waals surface area contributed by atoms with Crippen molar-refractivity contribution >= 4 is 36.5 Å². The topological polar surface area (TPSA) is 97.3 Å². The van der Waals surface area contributed by atoms with Gasteiger partial charge in [-0.25, -0.2) is 0 Å². The van der Waals surface area contributed by atoms with Crippen LogP contribution in [0.4, 0.5) is 5.82 Å². The highest BCUT2D eigenvalue weighted by molar-refractivity contribution is 5.94. The number of anilines is 1. The van der Waals surface area contributed by atoms with Crippen LogP contribution in [-0.4, -0.2) is 35.2 Å². The van der Waals surface area contributed by atoms with Crippen LogP contribution in [-0.2, 0) is 6.54 Å². The molecule has 3 rings (SSSR count). The quantitative estimate of drug-likeness (QED) is 0.828. The normalized spacial score (nSPS) is 16.2. The monoisotopic (exact) mass is 373 g/mol. The zero-order chi connectivity index (χ0) is 15.4. The molecule has 7 nitrogen and oxygen atoms in total. The Bertz CT molecular complexity index is 638. The molecule has 1 unspecified atom stereocenters. The van der Waals surface area contributed by atoms with Crippen LogP contribution in [0.5, 0.6) is 0 Å². The Morgan fingerprint density at radius 1 is 1.46 bits per heavy atom. The molecule has 3 N–H and O–H groups in total. The van der Waals surface area contributed by atoms with Crippen LogP contribution >= 0.6 is 24.8 Å². The standard InChI is InChI=1S/C15H19N5O2.2ClH/c16-8-13-7-11(10-22-13)15(21)17-9-12-3-2-6-20(12)14-4-1-5-18-19-14;;/h1,4-5,7,10,12H,2-3,6,8-9,16H2,(H,17,21);2*1H. The van der Waals surface area contributed by atoms with Crippen LogP contribution in [0.15, 0.2) is 35.1 Å². The minimum Gasteiger partial charge on any atom is -0.467 e. The van der Waals surface area contributed by atoms with Crippen molar-refractivity contribution in [2.24, 2.45) is 5.73 Å². The van der Waals surface area contributed by atoms with Crippen molar-refractivity contribution < 1.29 is 9.21 Å². The van der Waals surface area contributed by atoms with Crippen molar-refractivity contribution in [3.8, 4) is 0 Å². The van der Waals surface area contributed by atoms with Gasteiger partial charge in [-0.15, -0.1) is 29.9 Å². The Balaban J connectivity index is 0.00000144. The summed E-state index contributed by atoms with van der Waals surface area (Å²) in [5.74, 6) is 1.31. The summed E-state index contributed by atoms with van der Waals surface area (Å²) >= 11 is 0. The van der Waals surface area contributed by atoms with E-state index in [9.17, 15) is 4.79 Å². The third-order valence-electron chi connectivity index (χ3n) is 3.85. The molecule has 0 saturated carbocycles. The Morgan fingerprint density at radius 2 is 2.29 bits per heavy atom. The van der Waals surface area contributed by atoms with E-state index in [1.807, 2.05) is 12.1 Å². The van der Waals surface area contributed by atoms with Crippen molar-refractivity contribution in [2.75, 3.05) is 18.0 Å². The van der Waals surface area contributed by atoms with Gasteiger partial charge in [0.2, 0.25) is 0 Å². The second-order valence-electron chi connectivity index (χ2n) is 5.29. The van der Waals surface area contributed by atoms with Gasteiger partial charge in [0.15, 0.2) is 5.82 Å². The molecule has 2 aromatic heterocycles. The fourth-order valence-electron chi connectivity index (χ4n) is 2.72. The van der Waals surface area contributed by atoms with Crippen LogP contribution in [0, 0.1) is 0 Å². The fourth-order valence-corrected chi connectivity index (χ4v) is 2.72. The Labute approximate surface area is 152 Å². The molecule has 3 heterocycles. The van der Waals surface area contributed by atoms with Gasteiger partial charge >= 0.3 is 0 Å². The molecule has 0 spiro atoms. The molecule has 1 fully saturated rings. The number of carbonyl (C=O) groups excluding carboxylic acids is 1. The molecule has 0 aromatic carbocycles. The minimum absolute atomic E-state index is 0. The first-order valence-electron chi connectivity index (χ1n) is 7.38. The van der Waals surface area contributed by atoms with Crippen LogP contribution in [0.25, 0.3) is 0 Å². The Morgan fingerprint density at radius 3 is 2.96 bits per heavy atom. The second kappa shape index (κ2) is 9.46. The summed E-state index contributed by atoms with van der Waals surface area (Å²) in [6.07, 6.45) is 5.20. The van der Waals surface area contributed by atoms with Gasteiger partial charge in [0, 0.05) is 25.3 Å². The fraction of sp³-hybridized carbons (Fsp3) is 0.400. The van der Waals surface area contributed by atoms with E-state index in [4.69, 9.17) is 10.2 Å². The highest BCUT2D eigenvalue weighted by Crippen LogP contribution is 2.22. The molecule has 0 aliphatic carbocycles. The van der Waals surface area contributed by atoms with Crippen molar-refractivity contribution in [3.63, 3.8) is 0 Å². The van der Waals surface area contributed by atoms with Crippen molar-refractivity contribution in [3.05, 3.63) is 42.0 Å². The zero-order valence-corrected chi connectivity index (χ0v) is 14.7. The SMILES string of the molecule is Cl.Cl.NCc1cc(C(=O)NCC2CCCN2c2cccnn2)co1. The largest absolute Gasteiger partial charge is 0.467 e. The number of amides is 1. The molecule has 24 heavy (non-hydrogen) atoms. The number of nitrogens with two attached hydrogens (primary N) is 1. The summed E-state index contributed by atoms with van der Waals surface area (Å²) in [4.78, 5) is 14.3. The minimum atomic E-state index is -0.144. The lowest BCUT2D eigenvalue weighted by molar-refractivity contribution is 0.0950. The molecule has 1 aliphatic rings. The van der Waals surface area contributed by atoms with Crippen LogP contribution in [0.3, 0.4) is 0 Å². The first-order chi connectivity index (χ1) is 10.8. The number of furan rings is 1. The number of nitrogens with one attached hydrogen (secondary N) is 1. The zero-order valence-electron chi connectivity index (χ0n) is 13.1. The lowest BCUT2D eigenvalue weighted by Gasteiger charge is -2.25. The number of halogens is 2. The maximum atomic E-state index is 12.1. The third kappa shape index (κ3) is 4.59. The van der Waals surface area contributed by atoms with Crippen molar-refractivity contribution in [1.29, 1.82) is 0 Å². The van der Waals surface area contributed by atoms with E-state index in [-0.39, 0.29) is 43.3 Å². The molecule has 1 saturated heterocycles. The highest BCUT2D eigenvalue weighted by Gasteiger charge is 2.26. The smallest absolute Gasteiger partial charge is 0.254 e. The molecule has 1 amide bonds. The molecular weight excluding hydrogens is 353 g/mol. The van der Waals surface area contributed by atoms with Gasteiger partial charge in [-0.3, -0.25) is 4.79 Å². The van der Waals surface area contributed by atoms with E-state index in [2.05, 4.69) is 20.4 Å². The Kier molecular flexibility index (Phi) is 7.97. The van der Waals surface area contributed by atoms with E-state index in [0.29, 0.717) is 17.9 Å². The van der Waals surface area contributed by atoms with E-state index in [1.165, 1.54) is 6.26 Å². The number of aromatic nitrogens is 2. The van der Waals surface area contributed by atoms with E-state index in [0.717, 1.165) is 25.2 Å². The van der Waals surface area contributed by atoms with E-state index < -0.39 is 0 Å². The summed E-state index contributed by atoms with van der Waals surface area (Å²) in [5, 5.41) is 11.0. The molecule has 1 atom stereocenters. The van der Waals surface area contributed by atoms with Gasteiger partial charge in [0.05, 0.1) is 12.1 Å². The maximum absolute atomic E-state index is 12.1. The predicted octanol–water partition coefficient (Wildman–Crippen LogP) is 1.77. The molecule has 1 aliphatic heterocycles. The van der Waals surface area contributed by atoms with Gasteiger partial charge in [0.1, 0.15) is 12.0 Å². The maximum Gasteiger partial charge on any atom is 0.254 e. The number of hydrogen-bond acceptors (Lipinski definition) is 6. The predicted molar refractivity (Wildman–Crippen MR) is 95.8 cm³/mol. The molecular formula is C15H21Cl2N5O2. The van der Waals surface area contributed by atoms with Gasteiger partial charge in [-0.2, -0.15) is 5.10 Å². The summed E-state index contributed by atoms with van der Waals surface area (Å²) in [6.45, 7) is 1.79. The number of hydrogen-bond donors (Lipinski definition) is 2. The molecule has 132 valence electrons. The third-order valence-corrected chi connectivity index (χ3v) is 3.85. The summed E-state index contributed by atoms with van der Waals surface area (Å²) in [7, 11) is 0. The first kappa shape index (κ1) is 20.2. The van der Waals surface area contributed by atoms with Gasteiger partial charge < -0.3 is 20.4 Å². The lowest BCUT2D eigenvalue weighted by atomic mass is 10.2. The number of carbonyl (C=O) groups is 1. The Hall–Kier alpha value is -1.83. The molecule has 9 heteroatoms. The highest BCUT2D eigenvalue weighted by atomic mass is 35.5. The average molecular weight is 374 g/mol. The molecule has 0 bridgehead atoms. The van der Waals surface area contributed by atoms with Crippen molar-refractivity contribution in [1.82, 2.24) is 15.5 Å². The molecule has 2 aromatic rings. The second-order valence-corrected chi connectivity index (χ2v) is 5.29. The number of rotatable bonds is 5. The lowest BCUT2D eigenvalue weighted by Crippen LogP contribution is -2.40. The van der Waals surface area contributed by atoms with Gasteiger partial charge in [-0.05, 0) is 31.0 Å². The van der Waals surface area contributed by atoms with E-state index in [1.54, 1.807) is 12.3 Å². The van der Waals surface area contributed by atoms with E-state index >= 15 is 0 Å². The molecule has 0 radical (unpaired) electrons.